The van der Waals surface area contributed by atoms with E-state index < -0.39 is 17.7 Å². The Labute approximate surface area is 133 Å². The third-order valence-corrected chi connectivity index (χ3v) is 4.78. The van der Waals surface area contributed by atoms with Crippen LogP contribution in [0.5, 0.6) is 5.75 Å². The largest absolute Gasteiger partial charge is 0.485 e. The number of aliphatic hydroxyl groups is 1. The molecule has 1 aromatic heterocycles. The third-order valence-electron chi connectivity index (χ3n) is 4.78. The molecule has 23 heavy (non-hydrogen) atoms. The first kappa shape index (κ1) is 14.4. The molecular weight excluding hydrogens is 298 g/mol. The van der Waals surface area contributed by atoms with Crippen LogP contribution in [-0.2, 0) is 4.79 Å². The van der Waals surface area contributed by atoms with E-state index in [1.54, 1.807) is 17.0 Å². The van der Waals surface area contributed by atoms with Gasteiger partial charge in [-0.3, -0.25) is 4.79 Å². The van der Waals surface area contributed by atoms with Gasteiger partial charge in [0.2, 0.25) is 5.91 Å². The van der Waals surface area contributed by atoms with E-state index in [1.807, 2.05) is 13.8 Å². The van der Waals surface area contributed by atoms with Gasteiger partial charge in [-0.2, -0.15) is 0 Å². The molecule has 0 spiro atoms. The van der Waals surface area contributed by atoms with Gasteiger partial charge in [0, 0.05) is 24.6 Å². The fraction of sp³-hybridized carbons (Fsp3) is 0.562. The van der Waals surface area contributed by atoms with Gasteiger partial charge in [-0.25, -0.2) is 4.63 Å². The molecule has 2 aromatic rings. The van der Waals surface area contributed by atoms with Gasteiger partial charge < -0.3 is 14.7 Å². The molecule has 0 radical (unpaired) electrons. The zero-order chi connectivity index (χ0) is 16.2. The minimum atomic E-state index is -0.825. The van der Waals surface area contributed by atoms with Gasteiger partial charge in [0.15, 0.2) is 0 Å². The van der Waals surface area contributed by atoms with Crippen LogP contribution in [0.3, 0.4) is 0 Å². The molecule has 0 bridgehead atoms. The standard InChI is InChI=1S/C16H19N3O4/c1-16(2)15(21)14(19-6-4-3-5-13(19)20)9-7-10-11(18-23-17-10)8-12(9)22-16/h7-8,14-15,21H,3-6H2,1-2H3/t14-,15+/m0/s1. The van der Waals surface area contributed by atoms with E-state index in [2.05, 4.69) is 10.3 Å². The van der Waals surface area contributed by atoms with Crippen LogP contribution in [0.15, 0.2) is 16.8 Å². The summed E-state index contributed by atoms with van der Waals surface area (Å²) in [4.78, 5) is 14.2. The lowest BCUT2D eigenvalue weighted by Crippen LogP contribution is -2.55. The van der Waals surface area contributed by atoms with Crippen LogP contribution in [0.2, 0.25) is 0 Å². The average molecular weight is 317 g/mol. The topological polar surface area (TPSA) is 88.7 Å². The molecule has 2 aliphatic heterocycles. The zero-order valence-corrected chi connectivity index (χ0v) is 13.2. The smallest absolute Gasteiger partial charge is 0.223 e. The summed E-state index contributed by atoms with van der Waals surface area (Å²) in [6.45, 7) is 4.30. The van der Waals surface area contributed by atoms with Gasteiger partial charge in [-0.1, -0.05) is 0 Å². The predicted molar refractivity (Wildman–Crippen MR) is 80.8 cm³/mol. The molecule has 0 aliphatic carbocycles. The van der Waals surface area contributed by atoms with E-state index in [-0.39, 0.29) is 5.91 Å². The molecule has 2 aliphatic rings. The van der Waals surface area contributed by atoms with E-state index in [9.17, 15) is 9.90 Å². The van der Waals surface area contributed by atoms with Crippen molar-refractivity contribution >= 4 is 16.9 Å². The number of amides is 1. The van der Waals surface area contributed by atoms with Gasteiger partial charge in [0.1, 0.15) is 28.5 Å². The average Bonchev–Trinajstić information content (AvgIpc) is 2.95. The normalized spacial score (nSPS) is 26.9. The number of benzene rings is 1. The van der Waals surface area contributed by atoms with Crippen LogP contribution < -0.4 is 4.74 Å². The van der Waals surface area contributed by atoms with Crippen molar-refractivity contribution in [1.82, 2.24) is 15.2 Å². The molecule has 3 heterocycles. The van der Waals surface area contributed by atoms with Crippen LogP contribution in [0, 0.1) is 0 Å². The molecule has 0 unspecified atom stereocenters. The van der Waals surface area contributed by atoms with Gasteiger partial charge in [-0.05, 0) is 43.1 Å². The number of carbonyl (C=O) groups excluding carboxylic acids is 1. The summed E-state index contributed by atoms with van der Waals surface area (Å²) in [6.07, 6.45) is 1.54. The summed E-state index contributed by atoms with van der Waals surface area (Å²) in [5.41, 5.74) is 1.14. The first-order valence-corrected chi connectivity index (χ1v) is 7.90. The van der Waals surface area contributed by atoms with Crippen LogP contribution in [0.4, 0.5) is 0 Å². The van der Waals surface area contributed by atoms with Crippen molar-refractivity contribution in [2.24, 2.45) is 0 Å². The van der Waals surface area contributed by atoms with Gasteiger partial charge in [-0.15, -0.1) is 0 Å². The van der Waals surface area contributed by atoms with E-state index in [0.29, 0.717) is 29.7 Å². The Morgan fingerprint density at radius 2 is 2.00 bits per heavy atom. The first-order chi connectivity index (χ1) is 11.0. The molecule has 0 saturated carbocycles. The molecular formula is C16H19N3O4. The van der Waals surface area contributed by atoms with Crippen molar-refractivity contribution in [2.45, 2.75) is 50.9 Å². The van der Waals surface area contributed by atoms with E-state index in [0.717, 1.165) is 18.4 Å². The molecule has 122 valence electrons. The number of ether oxygens (including phenoxy) is 1. The molecule has 1 aromatic carbocycles. The number of likely N-dealkylation sites (tertiary alicyclic amines) is 1. The summed E-state index contributed by atoms with van der Waals surface area (Å²) in [5.74, 6) is 0.689. The van der Waals surface area contributed by atoms with Crippen molar-refractivity contribution in [2.75, 3.05) is 6.54 Å². The number of hydrogen-bond donors (Lipinski definition) is 1. The molecule has 7 nitrogen and oxygen atoms in total. The zero-order valence-electron chi connectivity index (χ0n) is 13.2. The van der Waals surface area contributed by atoms with Crippen molar-refractivity contribution in [1.29, 1.82) is 0 Å². The first-order valence-electron chi connectivity index (χ1n) is 7.90. The Balaban J connectivity index is 1.87. The number of aliphatic hydroxyl groups excluding tert-OH is 1. The summed E-state index contributed by atoms with van der Waals surface area (Å²) in [5, 5.41) is 18.6. The van der Waals surface area contributed by atoms with Crippen molar-refractivity contribution in [3.8, 4) is 5.75 Å². The Hall–Kier alpha value is -2.15. The predicted octanol–water partition coefficient (Wildman–Crippen LogP) is 1.81. The second-order valence-corrected chi connectivity index (χ2v) is 6.78. The molecule has 1 saturated heterocycles. The highest BCUT2D eigenvalue weighted by atomic mass is 16.6. The molecule has 7 heteroatoms. The minimum absolute atomic E-state index is 0.0716. The fourth-order valence-corrected chi connectivity index (χ4v) is 3.50. The Morgan fingerprint density at radius 1 is 1.26 bits per heavy atom. The summed E-state index contributed by atoms with van der Waals surface area (Å²) >= 11 is 0. The summed E-state index contributed by atoms with van der Waals surface area (Å²) in [6, 6.07) is 3.12. The van der Waals surface area contributed by atoms with E-state index >= 15 is 0 Å². The van der Waals surface area contributed by atoms with Crippen LogP contribution in [0.25, 0.3) is 11.0 Å². The molecule has 1 fully saturated rings. The second-order valence-electron chi connectivity index (χ2n) is 6.78. The third kappa shape index (κ3) is 2.18. The quantitative estimate of drug-likeness (QED) is 0.863. The SMILES string of the molecule is CC1(C)Oc2cc3nonc3cc2[C@H](N2CCCCC2=O)[C@H]1O. The molecule has 1 N–H and O–H groups in total. The van der Waals surface area contributed by atoms with Gasteiger partial charge in [0.25, 0.3) is 0 Å². The summed E-state index contributed by atoms with van der Waals surface area (Å²) in [7, 11) is 0. The van der Waals surface area contributed by atoms with E-state index in [4.69, 9.17) is 9.37 Å². The number of hydrogen-bond acceptors (Lipinski definition) is 6. The second kappa shape index (κ2) is 4.92. The lowest BCUT2D eigenvalue weighted by molar-refractivity contribution is -0.147. The van der Waals surface area contributed by atoms with Crippen LogP contribution in [0.1, 0.15) is 44.7 Å². The van der Waals surface area contributed by atoms with Crippen molar-refractivity contribution in [3.05, 3.63) is 17.7 Å². The highest BCUT2D eigenvalue weighted by molar-refractivity contribution is 5.80. The Morgan fingerprint density at radius 3 is 2.74 bits per heavy atom. The fourth-order valence-electron chi connectivity index (χ4n) is 3.50. The highest BCUT2D eigenvalue weighted by Crippen LogP contribution is 2.44. The molecule has 2 atom stereocenters. The maximum Gasteiger partial charge on any atom is 0.223 e. The summed E-state index contributed by atoms with van der Waals surface area (Å²) < 4.78 is 10.7. The molecule has 4 rings (SSSR count). The number of fused-ring (bicyclic) bond motifs is 2. The molecule has 1 amide bonds. The number of nitrogens with zero attached hydrogens (tertiary/aromatic N) is 3. The monoisotopic (exact) mass is 317 g/mol. The van der Waals surface area contributed by atoms with Gasteiger partial charge in [0.05, 0.1) is 6.04 Å². The van der Waals surface area contributed by atoms with E-state index in [1.165, 1.54) is 0 Å². The number of piperidine rings is 1. The number of carbonyl (C=O) groups is 1. The van der Waals surface area contributed by atoms with Crippen molar-refractivity contribution < 1.29 is 19.3 Å². The Kier molecular flexibility index (Phi) is 3.09. The Bertz CT molecular complexity index is 770. The maximum atomic E-state index is 12.4. The lowest BCUT2D eigenvalue weighted by atomic mass is 9.84. The lowest BCUT2D eigenvalue weighted by Gasteiger charge is -2.47. The van der Waals surface area contributed by atoms with Crippen molar-refractivity contribution in [3.63, 3.8) is 0 Å². The van der Waals surface area contributed by atoms with Crippen LogP contribution >= 0.6 is 0 Å². The number of rotatable bonds is 1. The highest BCUT2D eigenvalue weighted by Gasteiger charge is 2.47. The maximum absolute atomic E-state index is 12.4. The van der Waals surface area contributed by atoms with Crippen LogP contribution in [-0.4, -0.2) is 44.5 Å². The van der Waals surface area contributed by atoms with Gasteiger partial charge >= 0.3 is 0 Å². The number of aromatic nitrogens is 2. The minimum Gasteiger partial charge on any atom is -0.485 e.